The van der Waals surface area contributed by atoms with Crippen LogP contribution in [0.5, 0.6) is 0 Å². The molecule has 1 aromatic heterocycles. The minimum absolute atomic E-state index is 0.0166. The van der Waals surface area contributed by atoms with Gasteiger partial charge in [0, 0.05) is 17.1 Å². The molecule has 2 aromatic rings. The van der Waals surface area contributed by atoms with Crippen molar-refractivity contribution >= 4 is 22.9 Å². The average molecular weight is 274 g/mol. The molecule has 100 valence electrons. The molecule has 0 aliphatic heterocycles. The Morgan fingerprint density at radius 1 is 1.26 bits per heavy atom. The number of rotatable bonds is 5. The molecule has 0 aliphatic carbocycles. The second kappa shape index (κ2) is 6.50. The largest absolute Gasteiger partial charge is 0.325 e. The molecule has 3 nitrogen and oxygen atoms in total. The maximum absolute atomic E-state index is 11.9. The first-order valence-electron chi connectivity index (χ1n) is 6.21. The fourth-order valence-corrected chi connectivity index (χ4v) is 2.82. The van der Waals surface area contributed by atoms with Gasteiger partial charge in [-0.05, 0) is 43.1 Å². The molecular formula is C15H18N2OS. The number of nitrogens with one attached hydrogen (secondary N) is 1. The highest BCUT2D eigenvalue weighted by Gasteiger charge is 2.09. The number of amides is 1. The molecule has 4 heteroatoms. The minimum atomic E-state index is 0.0166. The summed E-state index contributed by atoms with van der Waals surface area (Å²) >= 11 is 1.74. The standard InChI is InChI=1S/C15H18N2OS/c1-12-8-9-19-14(12)10-17(2)11-15(18)16-13-6-4-3-5-7-13/h3-9H,10-11H2,1-2H3,(H,16,18). The minimum Gasteiger partial charge on any atom is -0.325 e. The maximum atomic E-state index is 11.9. The highest BCUT2D eigenvalue weighted by atomic mass is 32.1. The Bertz CT molecular complexity index is 536. The Balaban J connectivity index is 1.84. The van der Waals surface area contributed by atoms with Gasteiger partial charge in [-0.25, -0.2) is 0 Å². The van der Waals surface area contributed by atoms with Crippen molar-refractivity contribution in [3.63, 3.8) is 0 Å². The third-order valence-corrected chi connectivity index (χ3v) is 3.86. The molecule has 1 aromatic carbocycles. The highest BCUT2D eigenvalue weighted by Crippen LogP contribution is 2.17. The molecule has 19 heavy (non-hydrogen) atoms. The van der Waals surface area contributed by atoms with Gasteiger partial charge < -0.3 is 5.32 Å². The number of anilines is 1. The Morgan fingerprint density at radius 2 is 2.00 bits per heavy atom. The van der Waals surface area contributed by atoms with Gasteiger partial charge in [0.05, 0.1) is 6.54 Å². The Morgan fingerprint density at radius 3 is 2.63 bits per heavy atom. The summed E-state index contributed by atoms with van der Waals surface area (Å²) in [6, 6.07) is 11.6. The maximum Gasteiger partial charge on any atom is 0.238 e. The number of carbonyl (C=O) groups excluding carboxylic acids is 1. The first-order valence-corrected chi connectivity index (χ1v) is 7.09. The zero-order chi connectivity index (χ0) is 13.7. The summed E-state index contributed by atoms with van der Waals surface area (Å²) in [5, 5.41) is 4.98. The van der Waals surface area contributed by atoms with E-state index in [1.165, 1.54) is 10.4 Å². The van der Waals surface area contributed by atoms with Crippen LogP contribution in [0.2, 0.25) is 0 Å². The number of likely N-dealkylation sites (N-methyl/N-ethyl adjacent to an activating group) is 1. The van der Waals surface area contributed by atoms with Crippen LogP contribution in [0.15, 0.2) is 41.8 Å². The van der Waals surface area contributed by atoms with Crippen molar-refractivity contribution in [2.75, 3.05) is 18.9 Å². The fourth-order valence-electron chi connectivity index (χ4n) is 1.83. The molecule has 1 amide bonds. The van der Waals surface area contributed by atoms with E-state index in [-0.39, 0.29) is 5.91 Å². The predicted octanol–water partition coefficient (Wildman–Crippen LogP) is 3.13. The van der Waals surface area contributed by atoms with Crippen molar-refractivity contribution < 1.29 is 4.79 Å². The lowest BCUT2D eigenvalue weighted by Gasteiger charge is -2.16. The van der Waals surface area contributed by atoms with Crippen LogP contribution in [0, 0.1) is 6.92 Å². The van der Waals surface area contributed by atoms with E-state index in [9.17, 15) is 4.79 Å². The molecule has 1 N–H and O–H groups in total. The zero-order valence-electron chi connectivity index (χ0n) is 11.2. The number of aryl methyl sites for hydroxylation is 1. The number of nitrogens with zero attached hydrogens (tertiary/aromatic N) is 1. The zero-order valence-corrected chi connectivity index (χ0v) is 12.0. The van der Waals surface area contributed by atoms with E-state index in [0.29, 0.717) is 6.54 Å². The first-order chi connectivity index (χ1) is 9.15. The van der Waals surface area contributed by atoms with Gasteiger partial charge in [0.15, 0.2) is 0 Å². The van der Waals surface area contributed by atoms with Gasteiger partial charge in [0.1, 0.15) is 0 Å². The fraction of sp³-hybridized carbons (Fsp3) is 0.267. The molecular weight excluding hydrogens is 256 g/mol. The smallest absolute Gasteiger partial charge is 0.238 e. The Hall–Kier alpha value is -1.65. The second-order valence-electron chi connectivity index (χ2n) is 4.61. The van der Waals surface area contributed by atoms with Crippen molar-refractivity contribution in [2.24, 2.45) is 0 Å². The van der Waals surface area contributed by atoms with Gasteiger partial charge in [-0.3, -0.25) is 9.69 Å². The van der Waals surface area contributed by atoms with Gasteiger partial charge in [0.2, 0.25) is 5.91 Å². The van der Waals surface area contributed by atoms with Crippen LogP contribution in [0.4, 0.5) is 5.69 Å². The molecule has 0 saturated heterocycles. The second-order valence-corrected chi connectivity index (χ2v) is 5.61. The van der Waals surface area contributed by atoms with Crippen molar-refractivity contribution in [3.8, 4) is 0 Å². The van der Waals surface area contributed by atoms with Crippen molar-refractivity contribution in [1.29, 1.82) is 0 Å². The van der Waals surface area contributed by atoms with Gasteiger partial charge >= 0.3 is 0 Å². The van der Waals surface area contributed by atoms with Crippen LogP contribution in [0.3, 0.4) is 0 Å². The van der Waals surface area contributed by atoms with Crippen molar-refractivity contribution in [3.05, 3.63) is 52.2 Å². The molecule has 0 spiro atoms. The van der Waals surface area contributed by atoms with Crippen LogP contribution in [0.25, 0.3) is 0 Å². The quantitative estimate of drug-likeness (QED) is 0.908. The number of hydrogen-bond donors (Lipinski definition) is 1. The van der Waals surface area contributed by atoms with Crippen molar-refractivity contribution in [2.45, 2.75) is 13.5 Å². The van der Waals surface area contributed by atoms with E-state index in [2.05, 4.69) is 23.7 Å². The van der Waals surface area contributed by atoms with Crippen LogP contribution in [0.1, 0.15) is 10.4 Å². The van der Waals surface area contributed by atoms with E-state index in [1.807, 2.05) is 42.3 Å². The van der Waals surface area contributed by atoms with E-state index in [1.54, 1.807) is 11.3 Å². The lowest BCUT2D eigenvalue weighted by molar-refractivity contribution is -0.117. The van der Waals surface area contributed by atoms with Gasteiger partial charge in [-0.1, -0.05) is 18.2 Å². The van der Waals surface area contributed by atoms with Gasteiger partial charge in [-0.2, -0.15) is 0 Å². The third-order valence-electron chi connectivity index (χ3n) is 2.85. The summed E-state index contributed by atoms with van der Waals surface area (Å²) in [4.78, 5) is 15.2. The molecule has 0 unspecified atom stereocenters. The Labute approximate surface area is 117 Å². The lowest BCUT2D eigenvalue weighted by atomic mass is 10.3. The van der Waals surface area contributed by atoms with E-state index in [0.717, 1.165) is 12.2 Å². The molecule has 1 heterocycles. The summed E-state index contributed by atoms with van der Waals surface area (Å²) in [6.45, 7) is 3.31. The van der Waals surface area contributed by atoms with Crippen LogP contribution in [-0.2, 0) is 11.3 Å². The number of para-hydroxylation sites is 1. The first kappa shape index (κ1) is 13.8. The molecule has 2 rings (SSSR count). The topological polar surface area (TPSA) is 32.3 Å². The summed E-state index contributed by atoms with van der Waals surface area (Å²) in [5.74, 6) is 0.0166. The predicted molar refractivity (Wildman–Crippen MR) is 80.5 cm³/mol. The molecule has 0 bridgehead atoms. The van der Waals surface area contributed by atoms with E-state index in [4.69, 9.17) is 0 Å². The molecule has 0 saturated carbocycles. The van der Waals surface area contributed by atoms with Crippen molar-refractivity contribution in [1.82, 2.24) is 4.90 Å². The van der Waals surface area contributed by atoms with Gasteiger partial charge in [-0.15, -0.1) is 11.3 Å². The monoisotopic (exact) mass is 274 g/mol. The number of hydrogen-bond acceptors (Lipinski definition) is 3. The lowest BCUT2D eigenvalue weighted by Crippen LogP contribution is -2.29. The SMILES string of the molecule is Cc1ccsc1CN(C)CC(=O)Nc1ccccc1. The average Bonchev–Trinajstić information content (AvgIpc) is 2.76. The molecule has 0 fully saturated rings. The van der Waals surface area contributed by atoms with E-state index < -0.39 is 0 Å². The summed E-state index contributed by atoms with van der Waals surface area (Å²) in [7, 11) is 1.96. The van der Waals surface area contributed by atoms with Gasteiger partial charge in [0.25, 0.3) is 0 Å². The molecule has 0 radical (unpaired) electrons. The third kappa shape index (κ3) is 4.19. The van der Waals surface area contributed by atoms with Crippen LogP contribution < -0.4 is 5.32 Å². The summed E-state index contributed by atoms with van der Waals surface area (Å²) < 4.78 is 0. The Kier molecular flexibility index (Phi) is 4.71. The molecule has 0 aliphatic rings. The number of carbonyl (C=O) groups is 1. The normalized spacial score (nSPS) is 10.7. The highest BCUT2D eigenvalue weighted by molar-refractivity contribution is 7.10. The number of benzene rings is 1. The molecule has 0 atom stereocenters. The van der Waals surface area contributed by atoms with Crippen LogP contribution >= 0.6 is 11.3 Å². The number of thiophene rings is 1. The van der Waals surface area contributed by atoms with Crippen LogP contribution in [-0.4, -0.2) is 24.4 Å². The van der Waals surface area contributed by atoms with E-state index >= 15 is 0 Å². The summed E-state index contributed by atoms with van der Waals surface area (Å²) in [6.07, 6.45) is 0. The summed E-state index contributed by atoms with van der Waals surface area (Å²) in [5.41, 5.74) is 2.13.